The Labute approximate surface area is 122 Å². The highest BCUT2D eigenvalue weighted by atomic mass is 16.4. The lowest BCUT2D eigenvalue weighted by Crippen LogP contribution is -2.58. The van der Waals surface area contributed by atoms with Crippen molar-refractivity contribution in [3.8, 4) is 0 Å². The number of hydrogen-bond acceptors (Lipinski definition) is 6. The number of carbonyl (C=O) groups excluding carboxylic acids is 1. The van der Waals surface area contributed by atoms with Crippen LogP contribution in [0.4, 0.5) is 0 Å². The van der Waals surface area contributed by atoms with Gasteiger partial charge in [0.05, 0.1) is 6.54 Å². The van der Waals surface area contributed by atoms with E-state index in [1.165, 1.54) is 19.0 Å². The van der Waals surface area contributed by atoms with Crippen LogP contribution in [0.5, 0.6) is 0 Å². The van der Waals surface area contributed by atoms with Crippen LogP contribution < -0.4 is 0 Å². The molecule has 0 bridgehead atoms. The van der Waals surface area contributed by atoms with Gasteiger partial charge in [-0.25, -0.2) is 0 Å². The molecule has 3 heterocycles. The van der Waals surface area contributed by atoms with Crippen molar-refractivity contribution < 1.29 is 20.1 Å². The molecule has 7 nitrogen and oxygen atoms in total. The fourth-order valence-corrected chi connectivity index (χ4v) is 3.68. The lowest BCUT2D eigenvalue weighted by Gasteiger charge is -2.43. The first-order valence-electron chi connectivity index (χ1n) is 7.36. The van der Waals surface area contributed by atoms with E-state index in [1.807, 2.05) is 6.92 Å². The Morgan fingerprint density at radius 1 is 1.24 bits per heavy atom. The summed E-state index contributed by atoms with van der Waals surface area (Å²) in [7, 11) is 0. The third-order valence-corrected chi connectivity index (χ3v) is 4.82. The molecule has 1 unspecified atom stereocenters. The summed E-state index contributed by atoms with van der Waals surface area (Å²) in [6.45, 7) is 3.34. The molecule has 0 spiro atoms. The molecular weight excluding hydrogens is 274 g/mol. The Balaban J connectivity index is 1.72. The summed E-state index contributed by atoms with van der Waals surface area (Å²) >= 11 is 0. The zero-order valence-electron chi connectivity index (χ0n) is 11.8. The molecule has 1 saturated carbocycles. The highest BCUT2D eigenvalue weighted by molar-refractivity contribution is 5.95. The van der Waals surface area contributed by atoms with Crippen LogP contribution in [-0.2, 0) is 4.79 Å². The van der Waals surface area contributed by atoms with Crippen molar-refractivity contribution in [2.45, 2.75) is 44.1 Å². The quantitative estimate of drug-likeness (QED) is 0.624. The molecule has 3 aliphatic heterocycles. The molecule has 4 aliphatic rings. The standard InChI is InChI=1S/C14H19N3O4/c1-7-4-16(8-2-3-8)10-6-15-5-9(18)12(19)13(20)11(15)14(21)17(7)10/h5,7-8,10,12,18-20H,2-4,6H2,1H3/t7-,10+,12?/m0/s1. The van der Waals surface area contributed by atoms with Gasteiger partial charge in [-0.15, -0.1) is 0 Å². The van der Waals surface area contributed by atoms with Crippen LogP contribution in [0.15, 0.2) is 23.4 Å². The van der Waals surface area contributed by atoms with Gasteiger partial charge in [-0.05, 0) is 19.8 Å². The maximum absolute atomic E-state index is 12.7. The van der Waals surface area contributed by atoms with Gasteiger partial charge in [-0.3, -0.25) is 9.69 Å². The molecule has 1 aliphatic carbocycles. The summed E-state index contributed by atoms with van der Waals surface area (Å²) in [4.78, 5) is 18.4. The Hall–Kier alpha value is -1.73. The highest BCUT2D eigenvalue weighted by Gasteiger charge is 2.52. The Kier molecular flexibility index (Phi) is 2.56. The molecule has 2 saturated heterocycles. The minimum Gasteiger partial charge on any atom is -0.508 e. The monoisotopic (exact) mass is 293 g/mol. The van der Waals surface area contributed by atoms with Crippen LogP contribution in [-0.4, -0.2) is 73.4 Å². The summed E-state index contributed by atoms with van der Waals surface area (Å²) in [5.41, 5.74) is 0.0843. The Morgan fingerprint density at radius 3 is 2.62 bits per heavy atom. The number of hydrogen-bond donors (Lipinski definition) is 3. The van der Waals surface area contributed by atoms with E-state index in [4.69, 9.17) is 0 Å². The van der Waals surface area contributed by atoms with Crippen molar-refractivity contribution in [1.82, 2.24) is 14.7 Å². The van der Waals surface area contributed by atoms with Crippen LogP contribution in [0.2, 0.25) is 0 Å². The van der Waals surface area contributed by atoms with Gasteiger partial charge in [0.1, 0.15) is 17.6 Å². The molecule has 21 heavy (non-hydrogen) atoms. The fraction of sp³-hybridized carbons (Fsp3) is 0.643. The molecule has 0 aromatic carbocycles. The zero-order chi connectivity index (χ0) is 14.9. The minimum atomic E-state index is -1.51. The normalized spacial score (nSPS) is 36.8. The molecule has 3 atom stereocenters. The van der Waals surface area contributed by atoms with Gasteiger partial charge in [-0.1, -0.05) is 0 Å². The number of fused-ring (bicyclic) bond motifs is 2. The second kappa shape index (κ2) is 4.14. The van der Waals surface area contributed by atoms with Crippen LogP contribution in [0.1, 0.15) is 19.8 Å². The van der Waals surface area contributed by atoms with Gasteiger partial charge >= 0.3 is 0 Å². The maximum atomic E-state index is 12.7. The zero-order valence-corrected chi connectivity index (χ0v) is 11.8. The predicted molar refractivity (Wildman–Crippen MR) is 72.9 cm³/mol. The van der Waals surface area contributed by atoms with Gasteiger partial charge in [-0.2, -0.15) is 0 Å². The molecule has 3 N–H and O–H groups in total. The third kappa shape index (κ3) is 1.70. The molecule has 0 radical (unpaired) electrons. The first-order valence-corrected chi connectivity index (χ1v) is 7.36. The van der Waals surface area contributed by atoms with Crippen molar-refractivity contribution in [3.05, 3.63) is 23.4 Å². The van der Waals surface area contributed by atoms with Crippen molar-refractivity contribution in [3.63, 3.8) is 0 Å². The summed E-state index contributed by atoms with van der Waals surface area (Å²) in [5, 5.41) is 29.4. The van der Waals surface area contributed by atoms with Crippen molar-refractivity contribution in [2.75, 3.05) is 13.1 Å². The molecular formula is C14H19N3O4. The van der Waals surface area contributed by atoms with Crippen molar-refractivity contribution in [2.24, 2.45) is 0 Å². The van der Waals surface area contributed by atoms with Crippen LogP contribution in [0.25, 0.3) is 0 Å². The van der Waals surface area contributed by atoms with Crippen molar-refractivity contribution >= 4 is 5.91 Å². The van der Waals surface area contributed by atoms with Gasteiger partial charge < -0.3 is 25.1 Å². The van der Waals surface area contributed by atoms with E-state index in [9.17, 15) is 20.1 Å². The van der Waals surface area contributed by atoms with E-state index in [-0.39, 0.29) is 29.6 Å². The van der Waals surface area contributed by atoms with Crippen LogP contribution >= 0.6 is 0 Å². The van der Waals surface area contributed by atoms with E-state index in [2.05, 4.69) is 4.90 Å². The smallest absolute Gasteiger partial charge is 0.275 e. The van der Waals surface area contributed by atoms with E-state index in [0.29, 0.717) is 12.6 Å². The number of rotatable bonds is 1. The second-order valence-electron chi connectivity index (χ2n) is 6.31. The lowest BCUT2D eigenvalue weighted by molar-refractivity contribution is -0.137. The van der Waals surface area contributed by atoms with Crippen LogP contribution in [0, 0.1) is 0 Å². The highest BCUT2D eigenvalue weighted by Crippen LogP contribution is 2.39. The largest absolute Gasteiger partial charge is 0.508 e. The molecule has 1 amide bonds. The number of carbonyl (C=O) groups is 1. The minimum absolute atomic E-state index is 0.0316. The van der Waals surface area contributed by atoms with Gasteiger partial charge in [0, 0.05) is 24.8 Å². The number of aliphatic hydroxyl groups excluding tert-OH is 3. The summed E-state index contributed by atoms with van der Waals surface area (Å²) in [5.74, 6) is -1.07. The second-order valence-corrected chi connectivity index (χ2v) is 6.31. The summed E-state index contributed by atoms with van der Waals surface area (Å²) in [6.07, 6.45) is 2.14. The van der Waals surface area contributed by atoms with E-state index >= 15 is 0 Å². The number of nitrogens with zero attached hydrogens (tertiary/aromatic N) is 3. The van der Waals surface area contributed by atoms with Gasteiger partial charge in [0.25, 0.3) is 5.91 Å². The molecule has 0 aromatic rings. The van der Waals surface area contributed by atoms with E-state index in [1.54, 1.807) is 9.80 Å². The van der Waals surface area contributed by atoms with Crippen LogP contribution in [0.3, 0.4) is 0 Å². The van der Waals surface area contributed by atoms with Gasteiger partial charge in [0.15, 0.2) is 11.9 Å². The van der Waals surface area contributed by atoms with Gasteiger partial charge in [0.2, 0.25) is 0 Å². The number of amides is 1. The third-order valence-electron chi connectivity index (χ3n) is 4.82. The fourth-order valence-electron chi connectivity index (χ4n) is 3.68. The average molecular weight is 293 g/mol. The maximum Gasteiger partial charge on any atom is 0.275 e. The Bertz CT molecular complexity index is 569. The van der Waals surface area contributed by atoms with Crippen molar-refractivity contribution in [1.29, 1.82) is 0 Å². The predicted octanol–water partition coefficient (Wildman–Crippen LogP) is -0.133. The summed E-state index contributed by atoms with van der Waals surface area (Å²) in [6, 6.07) is 0.629. The Morgan fingerprint density at radius 2 is 1.95 bits per heavy atom. The first-order chi connectivity index (χ1) is 9.99. The molecule has 114 valence electrons. The molecule has 4 rings (SSSR count). The summed E-state index contributed by atoms with van der Waals surface area (Å²) < 4.78 is 0. The average Bonchev–Trinajstić information content (AvgIpc) is 3.21. The SMILES string of the molecule is C[C@H]1CN(C2CC2)[C@H]2CN3C=C(O)C(O)C(O)=C3C(=O)N21. The molecule has 0 aromatic heterocycles. The first kappa shape index (κ1) is 13.0. The number of piperazine rings is 1. The number of aliphatic hydroxyl groups is 3. The van der Waals surface area contributed by atoms with E-state index < -0.39 is 11.9 Å². The topological polar surface area (TPSA) is 87.5 Å². The lowest BCUT2D eigenvalue weighted by atomic mass is 10.1. The van der Waals surface area contributed by atoms with E-state index in [0.717, 1.165) is 6.54 Å². The molecule has 7 heteroatoms. The molecule has 3 fully saturated rings.